The van der Waals surface area contributed by atoms with Crippen molar-refractivity contribution >= 4 is 17.7 Å². The van der Waals surface area contributed by atoms with E-state index in [9.17, 15) is 14.4 Å². The topological polar surface area (TPSA) is 69.7 Å². The van der Waals surface area contributed by atoms with Crippen LogP contribution >= 0.6 is 0 Å². The van der Waals surface area contributed by atoms with Crippen LogP contribution in [-0.2, 0) is 14.4 Å². The van der Waals surface area contributed by atoms with Crippen molar-refractivity contribution in [1.29, 1.82) is 0 Å². The Morgan fingerprint density at radius 3 is 2.08 bits per heavy atom. The van der Waals surface area contributed by atoms with E-state index < -0.39 is 11.5 Å². The van der Waals surface area contributed by atoms with Crippen molar-refractivity contribution in [2.24, 2.45) is 11.3 Å². The van der Waals surface area contributed by atoms with Gasteiger partial charge in [0.25, 0.3) is 0 Å². The molecule has 6 heteroatoms. The summed E-state index contributed by atoms with van der Waals surface area (Å²) in [5.41, 5.74) is -0.418. The van der Waals surface area contributed by atoms with Crippen LogP contribution in [0.25, 0.3) is 0 Å². The van der Waals surface area contributed by atoms with Gasteiger partial charge >= 0.3 is 0 Å². The Hall–Kier alpha value is -1.59. The molecule has 3 amide bonds. The van der Waals surface area contributed by atoms with Crippen LogP contribution < -0.4 is 5.32 Å². The van der Waals surface area contributed by atoms with Crippen LogP contribution in [0.3, 0.4) is 0 Å². The van der Waals surface area contributed by atoms with Crippen LogP contribution in [0, 0.1) is 11.3 Å². The fourth-order valence-electron chi connectivity index (χ4n) is 3.85. The highest BCUT2D eigenvalue weighted by molar-refractivity contribution is 5.89. The predicted molar refractivity (Wildman–Crippen MR) is 92.1 cm³/mol. The molecule has 6 nitrogen and oxygen atoms in total. The number of piperazine rings is 1. The first kappa shape index (κ1) is 18.7. The molecule has 0 aromatic heterocycles. The van der Waals surface area contributed by atoms with E-state index in [2.05, 4.69) is 5.32 Å². The lowest BCUT2D eigenvalue weighted by Gasteiger charge is -2.47. The van der Waals surface area contributed by atoms with Crippen molar-refractivity contribution in [3.05, 3.63) is 0 Å². The summed E-state index contributed by atoms with van der Waals surface area (Å²) in [4.78, 5) is 41.0. The molecule has 4 atom stereocenters. The van der Waals surface area contributed by atoms with Gasteiger partial charge in [-0.05, 0) is 26.2 Å². The molecule has 2 saturated heterocycles. The molecule has 0 spiro atoms. The lowest BCUT2D eigenvalue weighted by Crippen LogP contribution is -2.64. The van der Waals surface area contributed by atoms with Crippen molar-refractivity contribution in [3.63, 3.8) is 0 Å². The van der Waals surface area contributed by atoms with E-state index in [4.69, 9.17) is 0 Å². The molecule has 0 saturated carbocycles. The van der Waals surface area contributed by atoms with E-state index in [1.807, 2.05) is 51.3 Å². The van der Waals surface area contributed by atoms with Crippen molar-refractivity contribution in [1.82, 2.24) is 15.1 Å². The van der Waals surface area contributed by atoms with E-state index in [0.717, 1.165) is 0 Å². The minimum atomic E-state index is -0.434. The van der Waals surface area contributed by atoms with Gasteiger partial charge in [-0.2, -0.15) is 0 Å². The van der Waals surface area contributed by atoms with Crippen LogP contribution in [0.5, 0.6) is 0 Å². The van der Waals surface area contributed by atoms with Crippen LogP contribution in [0.4, 0.5) is 0 Å². The van der Waals surface area contributed by atoms with Crippen LogP contribution in [0.2, 0.25) is 0 Å². The first-order valence-electron chi connectivity index (χ1n) is 8.91. The second kappa shape index (κ2) is 6.73. The summed E-state index contributed by atoms with van der Waals surface area (Å²) < 4.78 is 0. The third-order valence-corrected chi connectivity index (χ3v) is 4.91. The second-order valence-electron chi connectivity index (χ2n) is 8.57. The monoisotopic (exact) mass is 337 g/mol. The number of piperidine rings is 1. The molecule has 0 radical (unpaired) electrons. The van der Waals surface area contributed by atoms with E-state index in [1.54, 1.807) is 0 Å². The molecule has 136 valence electrons. The number of carbonyl (C=O) groups is 3. The first-order chi connectivity index (χ1) is 11.0. The van der Waals surface area contributed by atoms with Gasteiger partial charge in [0, 0.05) is 37.0 Å². The van der Waals surface area contributed by atoms with E-state index >= 15 is 0 Å². The largest absolute Gasteiger partial charge is 0.344 e. The molecule has 0 bridgehead atoms. The zero-order valence-electron chi connectivity index (χ0n) is 15.8. The average molecular weight is 337 g/mol. The van der Waals surface area contributed by atoms with E-state index in [0.29, 0.717) is 25.9 Å². The fourth-order valence-corrected chi connectivity index (χ4v) is 3.85. The Bertz CT molecular complexity index is 514. The molecule has 0 aromatic carbocycles. The average Bonchev–Trinajstić information content (AvgIpc) is 2.43. The highest BCUT2D eigenvalue weighted by atomic mass is 16.2. The maximum atomic E-state index is 12.9. The normalized spacial score (nSPS) is 31.7. The lowest BCUT2D eigenvalue weighted by atomic mass is 9.91. The van der Waals surface area contributed by atoms with Crippen LogP contribution in [0.1, 0.15) is 54.4 Å². The fraction of sp³-hybridized carbons (Fsp3) is 0.833. The first-order valence-corrected chi connectivity index (χ1v) is 8.91. The van der Waals surface area contributed by atoms with Crippen molar-refractivity contribution in [2.75, 3.05) is 13.1 Å². The maximum Gasteiger partial charge on any atom is 0.245 e. The quantitative estimate of drug-likeness (QED) is 0.786. The van der Waals surface area contributed by atoms with Gasteiger partial charge in [0.15, 0.2) is 0 Å². The molecule has 2 aliphatic heterocycles. The number of hydrogen-bond acceptors (Lipinski definition) is 3. The molecule has 2 aliphatic rings. The number of nitrogens with zero attached hydrogens (tertiary/aromatic N) is 2. The zero-order chi connectivity index (χ0) is 18.2. The summed E-state index contributed by atoms with van der Waals surface area (Å²) in [5.74, 6) is 0.279. The molecule has 1 N–H and O–H groups in total. The molecule has 0 aliphatic carbocycles. The van der Waals surface area contributed by atoms with Gasteiger partial charge in [-0.1, -0.05) is 27.7 Å². The van der Waals surface area contributed by atoms with E-state index in [-0.39, 0.29) is 35.7 Å². The highest BCUT2D eigenvalue weighted by Crippen LogP contribution is 2.25. The summed E-state index contributed by atoms with van der Waals surface area (Å²) >= 11 is 0. The Morgan fingerprint density at radius 1 is 1.08 bits per heavy atom. The lowest BCUT2D eigenvalue weighted by molar-refractivity contribution is -0.153. The molecule has 0 aromatic rings. The highest BCUT2D eigenvalue weighted by Gasteiger charge is 2.41. The number of hydrogen-bond donors (Lipinski definition) is 1. The van der Waals surface area contributed by atoms with Crippen molar-refractivity contribution in [2.45, 2.75) is 72.5 Å². The standard InChI is InChI=1S/C18H31N3O3/c1-11-7-14(19-15(22)8-11)16(23)21-12(2)9-20(10-13(21)3)17(24)18(4,5)6/h11-14H,7-10H2,1-6H3,(H,19,22)/t11-,12?,13?,14-/m0/s1. The van der Waals surface area contributed by atoms with Gasteiger partial charge in [0.05, 0.1) is 0 Å². The van der Waals surface area contributed by atoms with Crippen LogP contribution in [-0.4, -0.2) is 58.7 Å². The number of amides is 3. The van der Waals surface area contributed by atoms with Crippen molar-refractivity contribution in [3.8, 4) is 0 Å². The summed E-state index contributed by atoms with van der Waals surface area (Å²) in [6.07, 6.45) is 1.17. The molecule has 24 heavy (non-hydrogen) atoms. The third-order valence-electron chi connectivity index (χ3n) is 4.91. The maximum absolute atomic E-state index is 12.9. The minimum absolute atomic E-state index is 0.0160. The third kappa shape index (κ3) is 3.90. The predicted octanol–water partition coefficient (Wildman–Crippen LogP) is 1.40. The van der Waals surface area contributed by atoms with Gasteiger partial charge in [0.2, 0.25) is 17.7 Å². The zero-order valence-corrected chi connectivity index (χ0v) is 15.8. The molecule has 2 fully saturated rings. The van der Waals surface area contributed by atoms with Crippen molar-refractivity contribution < 1.29 is 14.4 Å². The molecule has 2 rings (SSSR count). The SMILES string of the molecule is CC1CN(C(=O)C(C)(C)C)CC(C)N1C(=O)[C@@H]1C[C@H](C)CC(=O)N1. The van der Waals surface area contributed by atoms with Crippen LogP contribution in [0.15, 0.2) is 0 Å². The Balaban J connectivity index is 2.08. The summed E-state index contributed by atoms with van der Waals surface area (Å²) in [6, 6.07) is -0.542. The molecule has 2 heterocycles. The summed E-state index contributed by atoms with van der Waals surface area (Å²) in [6.45, 7) is 12.8. The number of carbonyl (C=O) groups excluding carboxylic acids is 3. The van der Waals surface area contributed by atoms with Gasteiger partial charge in [-0.15, -0.1) is 0 Å². The van der Waals surface area contributed by atoms with Gasteiger partial charge in [-0.25, -0.2) is 0 Å². The molecular formula is C18H31N3O3. The number of rotatable bonds is 1. The Labute approximate surface area is 144 Å². The Morgan fingerprint density at radius 2 is 1.62 bits per heavy atom. The second-order valence-corrected chi connectivity index (χ2v) is 8.57. The molecule has 2 unspecified atom stereocenters. The smallest absolute Gasteiger partial charge is 0.245 e. The Kier molecular flexibility index (Phi) is 5.25. The van der Waals surface area contributed by atoms with Gasteiger partial charge in [-0.3, -0.25) is 14.4 Å². The summed E-state index contributed by atoms with van der Waals surface area (Å²) in [7, 11) is 0. The van der Waals surface area contributed by atoms with E-state index in [1.165, 1.54) is 0 Å². The van der Waals surface area contributed by atoms with Gasteiger partial charge in [0.1, 0.15) is 6.04 Å². The summed E-state index contributed by atoms with van der Waals surface area (Å²) in [5, 5.41) is 2.83. The number of nitrogens with one attached hydrogen (secondary N) is 1. The molecular weight excluding hydrogens is 306 g/mol. The minimum Gasteiger partial charge on any atom is -0.344 e. The van der Waals surface area contributed by atoms with Gasteiger partial charge < -0.3 is 15.1 Å².